The van der Waals surface area contributed by atoms with Crippen LogP contribution in [0, 0.1) is 13.8 Å². The summed E-state index contributed by atoms with van der Waals surface area (Å²) < 4.78 is 1.65. The van der Waals surface area contributed by atoms with Gasteiger partial charge in [-0.05, 0) is 51.5 Å². The van der Waals surface area contributed by atoms with Gasteiger partial charge in [-0.25, -0.2) is 0 Å². The highest BCUT2D eigenvalue weighted by atomic mass is 16.1. The Balaban J connectivity index is 2.20. The average Bonchev–Trinajstić information content (AvgIpc) is 2.82. The lowest BCUT2D eigenvalue weighted by atomic mass is 10.1. The van der Waals surface area contributed by atoms with Crippen molar-refractivity contribution in [3.63, 3.8) is 0 Å². The molecule has 0 aliphatic rings. The fraction of sp³-hybridized carbons (Fsp3) is 0.412. The third-order valence-corrected chi connectivity index (χ3v) is 3.84. The van der Waals surface area contributed by atoms with Crippen molar-refractivity contribution in [3.05, 3.63) is 41.2 Å². The second kappa shape index (κ2) is 6.64. The average molecular weight is 300 g/mol. The SMILES string of the molecule is CCN(CC)c1ccc(NC(=O)c2cn(C)nc2C)c(C)c1. The van der Waals surface area contributed by atoms with Gasteiger partial charge in [0.1, 0.15) is 0 Å². The van der Waals surface area contributed by atoms with E-state index in [2.05, 4.69) is 35.2 Å². The minimum absolute atomic E-state index is 0.121. The van der Waals surface area contributed by atoms with Crippen LogP contribution in [0.25, 0.3) is 0 Å². The van der Waals surface area contributed by atoms with Crippen LogP contribution in [-0.4, -0.2) is 28.8 Å². The summed E-state index contributed by atoms with van der Waals surface area (Å²) in [6.45, 7) is 10.1. The van der Waals surface area contributed by atoms with Gasteiger partial charge in [0.25, 0.3) is 5.91 Å². The minimum atomic E-state index is -0.121. The van der Waals surface area contributed by atoms with Crippen molar-refractivity contribution in [1.82, 2.24) is 9.78 Å². The molecule has 5 nitrogen and oxygen atoms in total. The lowest BCUT2D eigenvalue weighted by Gasteiger charge is -2.22. The van der Waals surface area contributed by atoms with Crippen molar-refractivity contribution in [2.45, 2.75) is 27.7 Å². The summed E-state index contributed by atoms with van der Waals surface area (Å²) in [6, 6.07) is 6.12. The largest absolute Gasteiger partial charge is 0.372 e. The predicted octanol–water partition coefficient (Wildman–Crippen LogP) is 3.14. The van der Waals surface area contributed by atoms with Crippen molar-refractivity contribution in [2.24, 2.45) is 7.05 Å². The van der Waals surface area contributed by atoms with Crippen LogP contribution < -0.4 is 10.2 Å². The summed E-state index contributed by atoms with van der Waals surface area (Å²) >= 11 is 0. The lowest BCUT2D eigenvalue weighted by Crippen LogP contribution is -2.22. The van der Waals surface area contributed by atoms with Gasteiger partial charge in [0.2, 0.25) is 0 Å². The van der Waals surface area contributed by atoms with Gasteiger partial charge in [0.05, 0.1) is 11.3 Å². The molecular weight excluding hydrogens is 276 g/mol. The zero-order valence-electron chi connectivity index (χ0n) is 14.0. The summed E-state index contributed by atoms with van der Waals surface area (Å²) in [5.74, 6) is -0.121. The van der Waals surface area contributed by atoms with Crippen molar-refractivity contribution in [2.75, 3.05) is 23.3 Å². The van der Waals surface area contributed by atoms with Gasteiger partial charge >= 0.3 is 0 Å². The lowest BCUT2D eigenvalue weighted by molar-refractivity contribution is 0.102. The molecule has 0 saturated heterocycles. The molecule has 2 aromatic rings. The monoisotopic (exact) mass is 300 g/mol. The van der Waals surface area contributed by atoms with Gasteiger partial charge in [0.15, 0.2) is 0 Å². The molecule has 0 aliphatic heterocycles. The number of hydrogen-bond acceptors (Lipinski definition) is 3. The van der Waals surface area contributed by atoms with Gasteiger partial charge in [0, 0.05) is 37.7 Å². The molecule has 0 saturated carbocycles. The van der Waals surface area contributed by atoms with Crippen LogP contribution >= 0.6 is 0 Å². The minimum Gasteiger partial charge on any atom is -0.372 e. The van der Waals surface area contributed by atoms with Crippen LogP contribution in [0.5, 0.6) is 0 Å². The van der Waals surface area contributed by atoms with Crippen molar-refractivity contribution in [1.29, 1.82) is 0 Å². The van der Waals surface area contributed by atoms with Crippen LogP contribution in [0.15, 0.2) is 24.4 Å². The second-order valence-corrected chi connectivity index (χ2v) is 5.43. The highest BCUT2D eigenvalue weighted by Crippen LogP contribution is 2.23. The number of anilines is 2. The van der Waals surface area contributed by atoms with Crippen LogP contribution in [0.2, 0.25) is 0 Å². The number of aromatic nitrogens is 2. The molecule has 1 heterocycles. The van der Waals surface area contributed by atoms with Gasteiger partial charge < -0.3 is 10.2 Å². The van der Waals surface area contributed by atoms with E-state index in [0.717, 1.165) is 30.0 Å². The molecule has 1 amide bonds. The van der Waals surface area contributed by atoms with E-state index in [4.69, 9.17) is 0 Å². The zero-order valence-corrected chi connectivity index (χ0v) is 14.0. The molecule has 1 aromatic carbocycles. The summed E-state index contributed by atoms with van der Waals surface area (Å²) in [4.78, 5) is 14.6. The van der Waals surface area contributed by atoms with Crippen LogP contribution in [-0.2, 0) is 7.05 Å². The summed E-state index contributed by atoms with van der Waals surface area (Å²) in [5.41, 5.74) is 4.41. The Morgan fingerprint density at radius 1 is 1.27 bits per heavy atom. The molecule has 22 heavy (non-hydrogen) atoms. The Morgan fingerprint density at radius 3 is 2.45 bits per heavy atom. The number of nitrogens with zero attached hydrogens (tertiary/aromatic N) is 3. The zero-order chi connectivity index (χ0) is 16.3. The molecule has 0 radical (unpaired) electrons. The normalized spacial score (nSPS) is 10.6. The van der Waals surface area contributed by atoms with Gasteiger partial charge in [-0.3, -0.25) is 9.48 Å². The first kappa shape index (κ1) is 16.1. The molecule has 0 atom stereocenters. The van der Waals surface area contributed by atoms with Gasteiger partial charge in [-0.1, -0.05) is 0 Å². The Labute approximate surface area is 131 Å². The smallest absolute Gasteiger partial charge is 0.259 e. The molecule has 5 heteroatoms. The number of nitrogens with one attached hydrogen (secondary N) is 1. The third kappa shape index (κ3) is 3.30. The van der Waals surface area contributed by atoms with E-state index >= 15 is 0 Å². The van der Waals surface area contributed by atoms with Crippen molar-refractivity contribution >= 4 is 17.3 Å². The molecule has 0 unspecified atom stereocenters. The predicted molar refractivity (Wildman–Crippen MR) is 90.6 cm³/mol. The van der Waals surface area contributed by atoms with Crippen molar-refractivity contribution < 1.29 is 4.79 Å². The van der Waals surface area contributed by atoms with E-state index in [-0.39, 0.29) is 5.91 Å². The molecule has 2 rings (SSSR count). The number of rotatable bonds is 5. The second-order valence-electron chi connectivity index (χ2n) is 5.43. The van der Waals surface area contributed by atoms with Crippen LogP contribution in [0.3, 0.4) is 0 Å². The summed E-state index contributed by atoms with van der Waals surface area (Å²) in [7, 11) is 1.81. The first-order valence-electron chi connectivity index (χ1n) is 7.63. The molecule has 0 spiro atoms. The molecule has 1 N–H and O–H groups in total. The molecule has 0 aliphatic carbocycles. The fourth-order valence-corrected chi connectivity index (χ4v) is 2.59. The number of carbonyl (C=O) groups excluding carboxylic acids is 1. The van der Waals surface area contributed by atoms with E-state index in [1.165, 1.54) is 5.69 Å². The highest BCUT2D eigenvalue weighted by molar-refractivity contribution is 6.05. The summed E-state index contributed by atoms with van der Waals surface area (Å²) in [5, 5.41) is 7.18. The first-order chi connectivity index (χ1) is 10.5. The fourth-order valence-electron chi connectivity index (χ4n) is 2.59. The Kier molecular flexibility index (Phi) is 4.85. The standard InChI is InChI=1S/C17H24N4O/c1-6-21(7-2)14-8-9-16(12(3)10-14)18-17(22)15-11-20(5)19-13(15)4/h8-11H,6-7H2,1-5H3,(H,18,22). The maximum absolute atomic E-state index is 12.4. The van der Waals surface area contributed by atoms with Gasteiger partial charge in [-0.2, -0.15) is 5.10 Å². The van der Waals surface area contributed by atoms with E-state index < -0.39 is 0 Å². The maximum atomic E-state index is 12.4. The van der Waals surface area contributed by atoms with Crippen LogP contribution in [0.4, 0.5) is 11.4 Å². The summed E-state index contributed by atoms with van der Waals surface area (Å²) in [6.07, 6.45) is 1.74. The van der Waals surface area contributed by atoms with Crippen molar-refractivity contribution in [3.8, 4) is 0 Å². The van der Waals surface area contributed by atoms with E-state index in [1.807, 2.05) is 33.0 Å². The quantitative estimate of drug-likeness (QED) is 0.923. The number of amides is 1. The molecule has 118 valence electrons. The number of aryl methyl sites for hydroxylation is 3. The maximum Gasteiger partial charge on any atom is 0.259 e. The molecule has 0 fully saturated rings. The topological polar surface area (TPSA) is 50.2 Å². The van der Waals surface area contributed by atoms with E-state index in [9.17, 15) is 4.79 Å². The Bertz CT molecular complexity index is 671. The highest BCUT2D eigenvalue weighted by Gasteiger charge is 2.14. The van der Waals surface area contributed by atoms with E-state index in [1.54, 1.807) is 10.9 Å². The van der Waals surface area contributed by atoms with Crippen LogP contribution in [0.1, 0.15) is 35.5 Å². The van der Waals surface area contributed by atoms with Gasteiger partial charge in [-0.15, -0.1) is 0 Å². The number of benzene rings is 1. The third-order valence-electron chi connectivity index (χ3n) is 3.84. The van der Waals surface area contributed by atoms with E-state index in [0.29, 0.717) is 5.56 Å². The molecule has 0 bridgehead atoms. The Morgan fingerprint density at radius 2 is 1.95 bits per heavy atom. The molecule has 1 aromatic heterocycles. The number of carbonyl (C=O) groups is 1. The Hall–Kier alpha value is -2.30. The number of hydrogen-bond donors (Lipinski definition) is 1. The first-order valence-corrected chi connectivity index (χ1v) is 7.63. The molecular formula is C17H24N4O.